The van der Waals surface area contributed by atoms with Gasteiger partial charge in [-0.15, -0.1) is 0 Å². The lowest BCUT2D eigenvalue weighted by molar-refractivity contribution is -0.123. The number of amides is 1. The highest BCUT2D eigenvalue weighted by molar-refractivity contribution is 5.98. The normalized spacial score (nSPS) is 11.5. The van der Waals surface area contributed by atoms with Gasteiger partial charge >= 0.3 is 5.97 Å². The first-order chi connectivity index (χ1) is 12.8. The Balaban J connectivity index is 2.11. The quantitative estimate of drug-likeness (QED) is 0.782. The van der Waals surface area contributed by atoms with Crippen molar-refractivity contribution in [3.63, 3.8) is 0 Å². The van der Waals surface area contributed by atoms with E-state index in [0.29, 0.717) is 17.2 Å². The number of hydrogen-bond acceptors (Lipinski definition) is 5. The number of ether oxygens (including phenoxy) is 3. The van der Waals surface area contributed by atoms with Gasteiger partial charge in [0.15, 0.2) is 6.10 Å². The van der Waals surface area contributed by atoms with E-state index in [2.05, 4.69) is 5.32 Å². The van der Waals surface area contributed by atoms with Crippen LogP contribution in [-0.2, 0) is 9.53 Å². The van der Waals surface area contributed by atoms with E-state index in [0.717, 1.165) is 16.7 Å². The van der Waals surface area contributed by atoms with Gasteiger partial charge in [-0.05, 0) is 51.5 Å². The number of hydrogen-bond donors (Lipinski definition) is 1. The van der Waals surface area contributed by atoms with Gasteiger partial charge in [-0.25, -0.2) is 4.79 Å². The average molecular weight is 371 g/mol. The van der Waals surface area contributed by atoms with E-state index in [1.54, 1.807) is 12.1 Å². The minimum absolute atomic E-state index is 0.250. The van der Waals surface area contributed by atoms with E-state index in [9.17, 15) is 9.59 Å². The molecule has 0 aliphatic rings. The Labute approximate surface area is 159 Å². The first kappa shape index (κ1) is 20.3. The maximum atomic E-state index is 12.5. The summed E-state index contributed by atoms with van der Waals surface area (Å²) in [5.41, 5.74) is 3.76. The van der Waals surface area contributed by atoms with Gasteiger partial charge < -0.3 is 19.5 Å². The molecule has 0 radical (unpaired) electrons. The Morgan fingerprint density at radius 3 is 2.07 bits per heavy atom. The third kappa shape index (κ3) is 4.78. The molecule has 0 heterocycles. The van der Waals surface area contributed by atoms with Crippen LogP contribution in [0.2, 0.25) is 0 Å². The molecule has 0 saturated carbocycles. The molecule has 6 heteroatoms. The summed E-state index contributed by atoms with van der Waals surface area (Å²) < 4.78 is 15.8. The predicted molar refractivity (Wildman–Crippen MR) is 104 cm³/mol. The Morgan fingerprint density at radius 1 is 0.963 bits per heavy atom. The van der Waals surface area contributed by atoms with Gasteiger partial charge in [-0.1, -0.05) is 17.7 Å². The van der Waals surface area contributed by atoms with E-state index in [4.69, 9.17) is 14.2 Å². The smallest absolute Gasteiger partial charge is 0.339 e. The molecule has 144 valence electrons. The minimum atomic E-state index is -0.962. The standard InChI is InChI=1S/C21H25NO5/c1-12-7-8-17(13(2)9-12)22-20(23)15(4)27-21(24)16-10-18(25-5)14(3)19(11-16)26-6/h7-11,15H,1-6H3,(H,22,23). The fraction of sp³-hybridized carbons (Fsp3) is 0.333. The molecule has 0 bridgehead atoms. The van der Waals surface area contributed by atoms with E-state index in [-0.39, 0.29) is 5.56 Å². The zero-order valence-electron chi connectivity index (χ0n) is 16.5. The molecule has 0 fully saturated rings. The molecule has 1 amide bonds. The molecule has 0 spiro atoms. The second-order valence-electron chi connectivity index (χ2n) is 6.36. The molecule has 27 heavy (non-hydrogen) atoms. The van der Waals surface area contributed by atoms with Crippen molar-refractivity contribution in [2.75, 3.05) is 19.5 Å². The van der Waals surface area contributed by atoms with Crippen LogP contribution in [0.3, 0.4) is 0 Å². The van der Waals surface area contributed by atoms with E-state index in [1.807, 2.05) is 39.0 Å². The number of rotatable bonds is 6. The lowest BCUT2D eigenvalue weighted by atomic mass is 10.1. The van der Waals surface area contributed by atoms with Crippen LogP contribution in [0.4, 0.5) is 5.69 Å². The van der Waals surface area contributed by atoms with Crippen molar-refractivity contribution in [2.45, 2.75) is 33.8 Å². The first-order valence-corrected chi connectivity index (χ1v) is 8.58. The van der Waals surface area contributed by atoms with Crippen LogP contribution in [0.5, 0.6) is 11.5 Å². The Bertz CT molecular complexity index is 835. The third-order valence-corrected chi connectivity index (χ3v) is 4.28. The molecule has 1 atom stereocenters. The Hall–Kier alpha value is -3.02. The van der Waals surface area contributed by atoms with Crippen molar-refractivity contribution in [2.24, 2.45) is 0 Å². The Kier molecular flexibility index (Phi) is 6.45. The topological polar surface area (TPSA) is 73.9 Å². The number of nitrogens with one attached hydrogen (secondary N) is 1. The van der Waals surface area contributed by atoms with Crippen molar-refractivity contribution in [3.05, 3.63) is 52.6 Å². The second kappa shape index (κ2) is 8.58. The van der Waals surface area contributed by atoms with E-state index in [1.165, 1.54) is 21.1 Å². The van der Waals surface area contributed by atoms with Crippen LogP contribution in [0.15, 0.2) is 30.3 Å². The summed E-state index contributed by atoms with van der Waals surface area (Å²) in [6, 6.07) is 8.83. The molecule has 0 aliphatic heterocycles. The summed E-state index contributed by atoms with van der Waals surface area (Å²) in [6.07, 6.45) is -0.962. The monoisotopic (exact) mass is 371 g/mol. The van der Waals surface area contributed by atoms with Gasteiger partial charge in [0.05, 0.1) is 19.8 Å². The van der Waals surface area contributed by atoms with Gasteiger partial charge in [-0.3, -0.25) is 4.79 Å². The van der Waals surface area contributed by atoms with Crippen LogP contribution >= 0.6 is 0 Å². The number of carbonyl (C=O) groups is 2. The molecule has 1 N–H and O–H groups in total. The maximum absolute atomic E-state index is 12.5. The fourth-order valence-corrected chi connectivity index (χ4v) is 2.67. The number of carbonyl (C=O) groups excluding carboxylic acids is 2. The van der Waals surface area contributed by atoms with Crippen molar-refractivity contribution in [1.29, 1.82) is 0 Å². The lowest BCUT2D eigenvalue weighted by Crippen LogP contribution is -2.30. The zero-order valence-corrected chi connectivity index (χ0v) is 16.5. The SMILES string of the molecule is COc1cc(C(=O)OC(C)C(=O)Nc2ccc(C)cc2C)cc(OC)c1C. The number of benzene rings is 2. The van der Waals surface area contributed by atoms with Crippen LogP contribution < -0.4 is 14.8 Å². The molecule has 2 aromatic carbocycles. The fourth-order valence-electron chi connectivity index (χ4n) is 2.67. The van der Waals surface area contributed by atoms with Gasteiger partial charge in [0.2, 0.25) is 0 Å². The second-order valence-corrected chi connectivity index (χ2v) is 6.36. The number of methoxy groups -OCH3 is 2. The van der Waals surface area contributed by atoms with Crippen molar-refractivity contribution in [1.82, 2.24) is 0 Å². The summed E-state index contributed by atoms with van der Waals surface area (Å²) >= 11 is 0. The van der Waals surface area contributed by atoms with Crippen LogP contribution in [-0.4, -0.2) is 32.2 Å². The molecule has 1 unspecified atom stereocenters. The summed E-state index contributed by atoms with van der Waals surface area (Å²) in [6.45, 7) is 7.24. The van der Waals surface area contributed by atoms with E-state index >= 15 is 0 Å². The number of anilines is 1. The van der Waals surface area contributed by atoms with Gasteiger partial charge in [0, 0.05) is 11.3 Å². The lowest BCUT2D eigenvalue weighted by Gasteiger charge is -2.16. The van der Waals surface area contributed by atoms with Gasteiger partial charge in [0.1, 0.15) is 11.5 Å². The molecular formula is C21H25NO5. The summed E-state index contributed by atoms with van der Waals surface area (Å²) in [4.78, 5) is 24.8. The summed E-state index contributed by atoms with van der Waals surface area (Å²) in [7, 11) is 3.02. The first-order valence-electron chi connectivity index (χ1n) is 8.58. The highest BCUT2D eigenvalue weighted by Crippen LogP contribution is 2.30. The molecule has 6 nitrogen and oxygen atoms in total. The highest BCUT2D eigenvalue weighted by atomic mass is 16.5. The molecule has 2 rings (SSSR count). The number of esters is 1. The minimum Gasteiger partial charge on any atom is -0.496 e. The average Bonchev–Trinajstić information content (AvgIpc) is 2.63. The maximum Gasteiger partial charge on any atom is 0.339 e. The molecule has 2 aromatic rings. The highest BCUT2D eigenvalue weighted by Gasteiger charge is 2.21. The molecule has 0 aromatic heterocycles. The van der Waals surface area contributed by atoms with Gasteiger partial charge in [0.25, 0.3) is 5.91 Å². The molecule has 0 saturated heterocycles. The Morgan fingerprint density at radius 2 is 1.56 bits per heavy atom. The van der Waals surface area contributed by atoms with Crippen LogP contribution in [0.25, 0.3) is 0 Å². The van der Waals surface area contributed by atoms with Crippen molar-refractivity contribution < 1.29 is 23.8 Å². The van der Waals surface area contributed by atoms with Crippen LogP contribution in [0, 0.1) is 20.8 Å². The van der Waals surface area contributed by atoms with Crippen molar-refractivity contribution in [3.8, 4) is 11.5 Å². The van der Waals surface area contributed by atoms with Crippen LogP contribution in [0.1, 0.15) is 34.0 Å². The predicted octanol–water partition coefficient (Wildman–Crippen LogP) is 3.81. The molecular weight excluding hydrogens is 346 g/mol. The molecule has 0 aliphatic carbocycles. The summed E-state index contributed by atoms with van der Waals surface area (Å²) in [5.74, 6) is -0.0152. The number of aryl methyl sites for hydroxylation is 2. The van der Waals surface area contributed by atoms with Gasteiger partial charge in [-0.2, -0.15) is 0 Å². The largest absolute Gasteiger partial charge is 0.496 e. The third-order valence-electron chi connectivity index (χ3n) is 4.28. The van der Waals surface area contributed by atoms with Crippen molar-refractivity contribution >= 4 is 17.6 Å². The summed E-state index contributed by atoms with van der Waals surface area (Å²) in [5, 5.41) is 2.78. The zero-order chi connectivity index (χ0) is 20.1. The van der Waals surface area contributed by atoms with E-state index < -0.39 is 18.0 Å².